The normalized spacial score (nSPS) is 30.1. The van der Waals surface area contributed by atoms with Crippen LogP contribution in [0.4, 0.5) is 0 Å². The second-order valence-electron chi connectivity index (χ2n) is 5.30. The molecule has 0 saturated carbocycles. The fourth-order valence-corrected chi connectivity index (χ4v) is 3.22. The molecule has 1 aliphatic carbocycles. The van der Waals surface area contributed by atoms with Gasteiger partial charge in [-0.2, -0.15) is 0 Å². The van der Waals surface area contributed by atoms with Gasteiger partial charge in [0.05, 0.1) is 13.2 Å². The van der Waals surface area contributed by atoms with Crippen molar-refractivity contribution in [3.8, 4) is 0 Å². The third kappa shape index (κ3) is 1.62. The number of rotatable bonds is 2. The summed E-state index contributed by atoms with van der Waals surface area (Å²) in [6.07, 6.45) is 7.29. The third-order valence-electron chi connectivity index (χ3n) is 4.30. The Labute approximate surface area is 108 Å². The second kappa shape index (κ2) is 4.34. The summed E-state index contributed by atoms with van der Waals surface area (Å²) in [5.74, 6) is 0. The van der Waals surface area contributed by atoms with Crippen molar-refractivity contribution in [2.75, 3.05) is 13.7 Å². The van der Waals surface area contributed by atoms with Crippen molar-refractivity contribution in [3.63, 3.8) is 0 Å². The summed E-state index contributed by atoms with van der Waals surface area (Å²) < 4.78 is 0.632. The zero-order valence-corrected chi connectivity index (χ0v) is 10.7. The Morgan fingerprint density at radius 2 is 2.22 bits per heavy atom. The molecule has 2 unspecified atom stereocenters. The van der Waals surface area contributed by atoms with Crippen molar-refractivity contribution in [2.24, 2.45) is 4.99 Å². The number of hydrogen-bond acceptors (Lipinski definition) is 2. The maximum atomic E-state index is 9.52. The quantitative estimate of drug-likeness (QED) is 0.795. The Hall–Kier alpha value is -1.45. The van der Waals surface area contributed by atoms with Gasteiger partial charge in [-0.25, -0.2) is 9.48 Å². The summed E-state index contributed by atoms with van der Waals surface area (Å²) in [6, 6.07) is 9.06. The first-order valence-electron chi connectivity index (χ1n) is 6.54. The van der Waals surface area contributed by atoms with Crippen LogP contribution in [0.15, 0.2) is 41.2 Å². The molecule has 0 spiro atoms. The minimum Gasteiger partial charge on any atom is -0.386 e. The summed E-state index contributed by atoms with van der Waals surface area (Å²) in [6.45, 7) is 0.0785. The van der Waals surface area contributed by atoms with Crippen LogP contribution in [0.25, 0.3) is 0 Å². The average molecular weight is 243 g/mol. The average Bonchev–Trinajstić information content (AvgIpc) is 2.80. The summed E-state index contributed by atoms with van der Waals surface area (Å²) in [4.78, 5) is 4.26. The van der Waals surface area contributed by atoms with Crippen molar-refractivity contribution in [1.29, 1.82) is 0 Å². The minimum absolute atomic E-state index is 0.0785. The molecule has 18 heavy (non-hydrogen) atoms. The highest BCUT2D eigenvalue weighted by Gasteiger charge is 2.41. The molecule has 0 fully saturated rings. The van der Waals surface area contributed by atoms with Gasteiger partial charge in [-0.15, -0.1) is 0 Å². The Kier molecular flexibility index (Phi) is 2.80. The van der Waals surface area contributed by atoms with E-state index < -0.39 is 0 Å². The Balaban J connectivity index is 2.04. The molecule has 1 heterocycles. The highest BCUT2D eigenvalue weighted by molar-refractivity contribution is 5.54. The number of aliphatic hydroxyl groups is 1. The van der Waals surface area contributed by atoms with E-state index in [1.54, 1.807) is 6.20 Å². The van der Waals surface area contributed by atoms with Crippen LogP contribution >= 0.6 is 0 Å². The topological polar surface area (TPSA) is 32.6 Å². The molecule has 0 amide bonds. The van der Waals surface area contributed by atoms with Gasteiger partial charge in [-0.05, 0) is 18.4 Å². The van der Waals surface area contributed by atoms with E-state index in [4.69, 9.17) is 0 Å². The van der Waals surface area contributed by atoms with Gasteiger partial charge in [0.15, 0.2) is 12.0 Å². The summed E-state index contributed by atoms with van der Waals surface area (Å²) in [5, 5.41) is 9.52. The molecular weight excluding hydrogens is 224 g/mol. The molecule has 0 saturated heterocycles. The molecule has 1 aromatic rings. The lowest BCUT2D eigenvalue weighted by atomic mass is 9.85. The first kappa shape index (κ1) is 11.6. The SMILES string of the molecule is C[N+]1(C2CCCc3ccccc32)C=NC=C1CO. The highest BCUT2D eigenvalue weighted by Crippen LogP contribution is 2.40. The van der Waals surface area contributed by atoms with Crippen LogP contribution < -0.4 is 0 Å². The van der Waals surface area contributed by atoms with Gasteiger partial charge in [0.1, 0.15) is 12.6 Å². The van der Waals surface area contributed by atoms with Crippen LogP contribution in [-0.4, -0.2) is 29.6 Å². The van der Waals surface area contributed by atoms with Crippen molar-refractivity contribution in [2.45, 2.75) is 25.3 Å². The standard InChI is InChI=1S/C15H19N2O/c1-17(11-16-9-13(17)10-18)15-8-4-6-12-5-2-3-7-14(12)15/h2-3,5,7,9,11,15,18H,4,6,8,10H2,1H3/q+1. The largest absolute Gasteiger partial charge is 0.386 e. The number of fused-ring (bicyclic) bond motifs is 1. The van der Waals surface area contributed by atoms with Crippen LogP contribution in [0.5, 0.6) is 0 Å². The maximum absolute atomic E-state index is 9.52. The number of likely N-dealkylation sites (N-methyl/N-ethyl adjacent to an activating group) is 1. The predicted molar refractivity (Wildman–Crippen MR) is 72.0 cm³/mol. The lowest BCUT2D eigenvalue weighted by Gasteiger charge is -2.39. The van der Waals surface area contributed by atoms with Gasteiger partial charge in [-0.1, -0.05) is 24.3 Å². The molecule has 0 bridgehead atoms. The second-order valence-corrected chi connectivity index (χ2v) is 5.30. The van der Waals surface area contributed by atoms with Crippen LogP contribution in [-0.2, 0) is 6.42 Å². The molecule has 2 aliphatic rings. The zero-order valence-electron chi connectivity index (χ0n) is 10.7. The molecule has 94 valence electrons. The van der Waals surface area contributed by atoms with Crippen LogP contribution in [0.2, 0.25) is 0 Å². The molecule has 0 aromatic heterocycles. The number of hydrogen-bond donors (Lipinski definition) is 1. The molecule has 3 rings (SSSR count). The fourth-order valence-electron chi connectivity index (χ4n) is 3.22. The van der Waals surface area contributed by atoms with Gasteiger partial charge < -0.3 is 5.11 Å². The number of aliphatic hydroxyl groups excluding tert-OH is 1. The van der Waals surface area contributed by atoms with E-state index in [9.17, 15) is 5.11 Å². The number of benzene rings is 1. The van der Waals surface area contributed by atoms with E-state index in [2.05, 4.69) is 36.3 Å². The van der Waals surface area contributed by atoms with Crippen molar-refractivity contribution in [3.05, 3.63) is 47.3 Å². The lowest BCUT2D eigenvalue weighted by molar-refractivity contribution is -0.809. The van der Waals surface area contributed by atoms with E-state index in [0.717, 1.165) is 12.1 Å². The molecular formula is C15H19N2O+. The molecule has 1 aromatic carbocycles. The van der Waals surface area contributed by atoms with E-state index in [1.165, 1.54) is 24.0 Å². The summed E-state index contributed by atoms with van der Waals surface area (Å²) in [5.41, 5.74) is 3.85. The third-order valence-corrected chi connectivity index (χ3v) is 4.30. The lowest BCUT2D eigenvalue weighted by Crippen LogP contribution is -2.45. The summed E-state index contributed by atoms with van der Waals surface area (Å²) >= 11 is 0. The van der Waals surface area contributed by atoms with Gasteiger partial charge >= 0.3 is 0 Å². The van der Waals surface area contributed by atoms with Crippen molar-refractivity contribution < 1.29 is 9.59 Å². The molecule has 0 radical (unpaired) electrons. The predicted octanol–water partition coefficient (Wildman–Crippen LogP) is 2.39. The summed E-state index contributed by atoms with van der Waals surface area (Å²) in [7, 11) is 2.14. The molecule has 3 nitrogen and oxygen atoms in total. The number of nitrogens with zero attached hydrogens (tertiary/aromatic N) is 2. The number of aryl methyl sites for hydroxylation is 1. The molecule has 1 aliphatic heterocycles. The van der Waals surface area contributed by atoms with Crippen LogP contribution in [0.1, 0.15) is 30.0 Å². The van der Waals surface area contributed by atoms with E-state index in [0.29, 0.717) is 10.5 Å². The van der Waals surface area contributed by atoms with E-state index in [1.807, 2.05) is 6.34 Å². The fraction of sp³-hybridized carbons (Fsp3) is 0.400. The monoisotopic (exact) mass is 243 g/mol. The first-order valence-corrected chi connectivity index (χ1v) is 6.54. The van der Waals surface area contributed by atoms with Gasteiger partial charge in [-0.3, -0.25) is 0 Å². The molecule has 2 atom stereocenters. The van der Waals surface area contributed by atoms with Crippen molar-refractivity contribution >= 4 is 6.34 Å². The Bertz CT molecular complexity index is 521. The maximum Gasteiger partial charge on any atom is 0.195 e. The van der Waals surface area contributed by atoms with E-state index >= 15 is 0 Å². The minimum atomic E-state index is 0.0785. The molecule has 1 N–H and O–H groups in total. The van der Waals surface area contributed by atoms with Gasteiger partial charge in [0.25, 0.3) is 0 Å². The van der Waals surface area contributed by atoms with Gasteiger partial charge in [0, 0.05) is 12.0 Å². The zero-order chi connectivity index (χ0) is 12.6. The highest BCUT2D eigenvalue weighted by atomic mass is 16.3. The number of quaternary nitrogens is 1. The van der Waals surface area contributed by atoms with Gasteiger partial charge in [0.2, 0.25) is 0 Å². The Morgan fingerprint density at radius 1 is 1.39 bits per heavy atom. The van der Waals surface area contributed by atoms with Crippen LogP contribution in [0.3, 0.4) is 0 Å². The smallest absolute Gasteiger partial charge is 0.195 e. The van der Waals surface area contributed by atoms with Crippen molar-refractivity contribution in [1.82, 2.24) is 0 Å². The number of aliphatic imine (C=N–C) groups is 1. The van der Waals surface area contributed by atoms with E-state index in [-0.39, 0.29) is 6.61 Å². The molecule has 3 heteroatoms. The Morgan fingerprint density at radius 3 is 3.06 bits per heavy atom. The van der Waals surface area contributed by atoms with Crippen LogP contribution in [0, 0.1) is 0 Å². The first-order chi connectivity index (χ1) is 8.75.